The van der Waals surface area contributed by atoms with Gasteiger partial charge in [-0.2, -0.15) is 0 Å². The Labute approximate surface area is 221 Å². The lowest BCUT2D eigenvalue weighted by atomic mass is 10.0. The van der Waals surface area contributed by atoms with Crippen LogP contribution in [0.25, 0.3) is 22.1 Å². The number of benzene rings is 2. The largest absolute Gasteiger partial charge is 0.462 e. The van der Waals surface area contributed by atoms with Crippen molar-refractivity contribution in [1.29, 1.82) is 0 Å². The third kappa shape index (κ3) is 8.48. The van der Waals surface area contributed by atoms with Crippen molar-refractivity contribution >= 4 is 22.6 Å². The van der Waals surface area contributed by atoms with Gasteiger partial charge in [0.15, 0.2) is 0 Å². The summed E-state index contributed by atoms with van der Waals surface area (Å²) in [7, 11) is 0. The quantitative estimate of drug-likeness (QED) is 0.111. The minimum absolute atomic E-state index is 0.322. The lowest BCUT2D eigenvalue weighted by Crippen LogP contribution is -2.21. The molecule has 0 radical (unpaired) electrons. The molecular weight excluding hydrogens is 462 g/mol. The number of carbonyl (C=O) groups excluding carboxylic acids is 1. The summed E-state index contributed by atoms with van der Waals surface area (Å²) in [5.74, 6) is -0.322. The maximum atomic E-state index is 12.7. The highest BCUT2D eigenvalue weighted by Crippen LogP contribution is 2.25. The van der Waals surface area contributed by atoms with Crippen molar-refractivity contribution < 1.29 is 13.9 Å². The fourth-order valence-corrected chi connectivity index (χ4v) is 4.71. The Hall–Kier alpha value is -3.08. The van der Waals surface area contributed by atoms with Crippen LogP contribution in [0.4, 0.5) is 5.69 Å². The van der Waals surface area contributed by atoms with Crippen molar-refractivity contribution in [1.82, 2.24) is 0 Å². The highest BCUT2D eigenvalue weighted by atomic mass is 16.5. The van der Waals surface area contributed by atoms with Crippen LogP contribution in [-0.4, -0.2) is 25.7 Å². The minimum Gasteiger partial charge on any atom is -0.462 e. The van der Waals surface area contributed by atoms with E-state index < -0.39 is 0 Å². The summed E-state index contributed by atoms with van der Waals surface area (Å²) in [6, 6.07) is 14.8. The Morgan fingerprint density at radius 2 is 1.41 bits per heavy atom. The number of nitrogens with zero attached hydrogens (tertiary/aromatic N) is 1. The van der Waals surface area contributed by atoms with Gasteiger partial charge in [-0.25, -0.2) is 9.59 Å². The van der Waals surface area contributed by atoms with Crippen molar-refractivity contribution in [3.05, 3.63) is 64.5 Å². The van der Waals surface area contributed by atoms with Crippen molar-refractivity contribution in [3.8, 4) is 11.1 Å². The molecule has 0 unspecified atom stereocenters. The Kier molecular flexibility index (Phi) is 11.7. The van der Waals surface area contributed by atoms with E-state index in [4.69, 9.17) is 9.15 Å². The van der Waals surface area contributed by atoms with E-state index in [9.17, 15) is 9.59 Å². The summed E-state index contributed by atoms with van der Waals surface area (Å²) in [6.45, 7) is 8.67. The average molecular weight is 506 g/mol. The van der Waals surface area contributed by atoms with Gasteiger partial charge in [0.1, 0.15) is 5.58 Å². The molecule has 0 N–H and O–H groups in total. The molecule has 1 heterocycles. The Balaban J connectivity index is 1.49. The number of esters is 1. The second kappa shape index (κ2) is 15.2. The fraction of sp³-hybridized carbons (Fsp3) is 0.500. The van der Waals surface area contributed by atoms with E-state index in [1.807, 2.05) is 24.3 Å². The summed E-state index contributed by atoms with van der Waals surface area (Å²) in [4.78, 5) is 27.4. The van der Waals surface area contributed by atoms with Gasteiger partial charge in [-0.15, -0.1) is 0 Å². The highest BCUT2D eigenvalue weighted by molar-refractivity contribution is 5.90. The van der Waals surface area contributed by atoms with Crippen LogP contribution >= 0.6 is 0 Å². The number of hydrogen-bond acceptors (Lipinski definition) is 5. The minimum atomic E-state index is -0.388. The lowest BCUT2D eigenvalue weighted by Gasteiger charge is -2.21. The van der Waals surface area contributed by atoms with Crippen LogP contribution in [0.1, 0.15) is 95.3 Å². The summed E-state index contributed by atoms with van der Waals surface area (Å²) in [5, 5.41) is 0.866. The summed E-state index contributed by atoms with van der Waals surface area (Å²) < 4.78 is 11.1. The number of carbonyl (C=O) groups is 1. The van der Waals surface area contributed by atoms with E-state index in [1.165, 1.54) is 51.4 Å². The first-order valence-corrected chi connectivity index (χ1v) is 14.2. The zero-order valence-electron chi connectivity index (χ0n) is 22.9. The van der Waals surface area contributed by atoms with E-state index in [0.29, 0.717) is 23.3 Å². The first-order valence-electron chi connectivity index (χ1n) is 14.2. The van der Waals surface area contributed by atoms with Crippen LogP contribution in [0.15, 0.2) is 57.7 Å². The Morgan fingerprint density at radius 3 is 2.03 bits per heavy atom. The van der Waals surface area contributed by atoms with Gasteiger partial charge in [-0.05, 0) is 56.2 Å². The van der Waals surface area contributed by atoms with Crippen LogP contribution in [-0.2, 0) is 4.74 Å². The molecule has 0 spiro atoms. The molecule has 3 rings (SSSR count). The fourth-order valence-electron chi connectivity index (χ4n) is 4.71. The van der Waals surface area contributed by atoms with Crippen LogP contribution in [0.5, 0.6) is 0 Å². The van der Waals surface area contributed by atoms with Gasteiger partial charge in [0, 0.05) is 30.2 Å². The number of ether oxygens (including phenoxy) is 1. The summed E-state index contributed by atoms with van der Waals surface area (Å²) in [6.07, 6.45) is 12.5. The molecule has 5 nitrogen and oxygen atoms in total. The summed E-state index contributed by atoms with van der Waals surface area (Å²) >= 11 is 0. The van der Waals surface area contributed by atoms with E-state index in [-0.39, 0.29) is 11.6 Å². The lowest BCUT2D eigenvalue weighted by molar-refractivity contribution is 0.0497. The van der Waals surface area contributed by atoms with Crippen LogP contribution < -0.4 is 10.5 Å². The molecule has 0 aliphatic carbocycles. The number of rotatable bonds is 16. The number of unbranched alkanes of at least 4 members (excludes halogenated alkanes) is 9. The molecule has 37 heavy (non-hydrogen) atoms. The maximum Gasteiger partial charge on any atom is 0.344 e. The van der Waals surface area contributed by atoms with Gasteiger partial charge in [-0.1, -0.05) is 76.8 Å². The predicted octanol–water partition coefficient (Wildman–Crippen LogP) is 8.38. The molecule has 5 heteroatoms. The molecule has 0 amide bonds. The molecule has 1 aromatic heterocycles. The van der Waals surface area contributed by atoms with Crippen molar-refractivity contribution in [2.24, 2.45) is 0 Å². The highest BCUT2D eigenvalue weighted by Gasteiger charge is 2.12. The smallest absolute Gasteiger partial charge is 0.344 e. The topological polar surface area (TPSA) is 59.8 Å². The molecule has 0 fully saturated rings. The van der Waals surface area contributed by atoms with E-state index in [1.54, 1.807) is 24.3 Å². The molecular formula is C32H43NO4. The van der Waals surface area contributed by atoms with Crippen molar-refractivity contribution in [2.45, 2.75) is 85.0 Å². The first kappa shape index (κ1) is 28.5. The molecule has 2 aromatic carbocycles. The Morgan fingerprint density at radius 1 is 0.784 bits per heavy atom. The second-order valence-corrected chi connectivity index (χ2v) is 9.74. The molecule has 0 aliphatic heterocycles. The Bertz CT molecular complexity index is 1160. The van der Waals surface area contributed by atoms with Gasteiger partial charge in [0.25, 0.3) is 0 Å². The van der Waals surface area contributed by atoms with Gasteiger partial charge >= 0.3 is 11.6 Å². The molecule has 200 valence electrons. The zero-order chi connectivity index (χ0) is 26.5. The van der Waals surface area contributed by atoms with Crippen LogP contribution in [0, 0.1) is 0 Å². The van der Waals surface area contributed by atoms with Gasteiger partial charge in [0.05, 0.1) is 17.7 Å². The van der Waals surface area contributed by atoms with Gasteiger partial charge < -0.3 is 14.1 Å². The van der Waals surface area contributed by atoms with Crippen LogP contribution in [0.2, 0.25) is 0 Å². The average Bonchev–Trinajstić information content (AvgIpc) is 2.92. The first-order chi connectivity index (χ1) is 18.1. The normalized spacial score (nSPS) is 11.1. The molecule has 0 atom stereocenters. The van der Waals surface area contributed by atoms with Crippen molar-refractivity contribution in [2.75, 3.05) is 24.6 Å². The van der Waals surface area contributed by atoms with Gasteiger partial charge in [0.2, 0.25) is 0 Å². The predicted molar refractivity (Wildman–Crippen MR) is 154 cm³/mol. The molecule has 3 aromatic rings. The van der Waals surface area contributed by atoms with E-state index >= 15 is 0 Å². The standard InChI is InChI=1S/C32H43NO4/c1-4-7-8-9-10-11-12-13-14-15-22-36-31(34)26-18-16-25(17-19-26)29-23-27-20-21-28(33(5-2)6-3)24-30(27)37-32(29)35/h16-21,23-24H,4-15,22H2,1-3H3. The van der Waals surface area contributed by atoms with E-state index in [0.717, 1.165) is 42.6 Å². The molecule has 0 saturated carbocycles. The van der Waals surface area contributed by atoms with E-state index in [2.05, 4.69) is 25.7 Å². The molecule has 0 bridgehead atoms. The monoisotopic (exact) mass is 505 g/mol. The molecule has 0 saturated heterocycles. The number of hydrogen-bond donors (Lipinski definition) is 0. The molecule has 0 aliphatic rings. The third-order valence-electron chi connectivity index (χ3n) is 7.01. The number of anilines is 1. The number of fused-ring (bicyclic) bond motifs is 1. The third-order valence-corrected chi connectivity index (χ3v) is 7.01. The van der Waals surface area contributed by atoms with Gasteiger partial charge in [-0.3, -0.25) is 0 Å². The zero-order valence-corrected chi connectivity index (χ0v) is 22.9. The second-order valence-electron chi connectivity index (χ2n) is 9.74. The van der Waals surface area contributed by atoms with Crippen LogP contribution in [0.3, 0.4) is 0 Å². The SMILES string of the molecule is CCCCCCCCCCCCOC(=O)c1ccc(-c2cc3ccc(N(CC)CC)cc3oc2=O)cc1. The maximum absolute atomic E-state index is 12.7. The summed E-state index contributed by atoms with van der Waals surface area (Å²) in [5.41, 5.74) is 2.91. The van der Waals surface area contributed by atoms with Crippen molar-refractivity contribution in [3.63, 3.8) is 0 Å².